The smallest absolute Gasteiger partial charge is 0.416 e. The van der Waals surface area contributed by atoms with Crippen molar-refractivity contribution in [1.82, 2.24) is 5.32 Å². The number of hydrogen-bond acceptors (Lipinski definition) is 5. The van der Waals surface area contributed by atoms with E-state index in [1.807, 2.05) is 5.32 Å². The van der Waals surface area contributed by atoms with Crippen molar-refractivity contribution in [3.63, 3.8) is 0 Å². The predicted molar refractivity (Wildman–Crippen MR) is 134 cm³/mol. The molecule has 12 heteroatoms. The van der Waals surface area contributed by atoms with Crippen LogP contribution in [0.3, 0.4) is 0 Å². The topological polar surface area (TPSA) is 84.9 Å². The van der Waals surface area contributed by atoms with Crippen LogP contribution in [0.1, 0.15) is 23.6 Å². The standard InChI is InChI=1S/C27H19ClF4N2O5/c1-2-38-23-12-15(7-10-22(23)39-14-16-5-3-4-6-20(16)29)11-18-24(35)33-26(37)34(25(18)36)21-13-17(27(30,31)32)8-9-19(21)28/h3-13H,2,14H2,1H3,(H,33,35,37)/b18-11-. The predicted octanol–water partition coefficient (Wildman–Crippen LogP) is 6.14. The molecule has 0 aliphatic carbocycles. The molecule has 0 unspecified atom stereocenters. The van der Waals surface area contributed by atoms with Crippen LogP contribution in [0.2, 0.25) is 5.02 Å². The second kappa shape index (κ2) is 11.2. The maximum absolute atomic E-state index is 13.9. The van der Waals surface area contributed by atoms with Crippen molar-refractivity contribution >= 4 is 41.2 Å². The van der Waals surface area contributed by atoms with E-state index in [0.29, 0.717) is 22.6 Å². The van der Waals surface area contributed by atoms with Gasteiger partial charge < -0.3 is 9.47 Å². The van der Waals surface area contributed by atoms with Crippen LogP contribution in [0.15, 0.2) is 66.2 Å². The molecule has 4 amide bonds. The summed E-state index contributed by atoms with van der Waals surface area (Å²) < 4.78 is 64.9. The fourth-order valence-corrected chi connectivity index (χ4v) is 3.88. The lowest BCUT2D eigenvalue weighted by atomic mass is 10.1. The number of imide groups is 2. The summed E-state index contributed by atoms with van der Waals surface area (Å²) in [5.41, 5.74) is -1.63. The van der Waals surface area contributed by atoms with Crippen LogP contribution in [0.25, 0.3) is 6.08 Å². The lowest BCUT2D eigenvalue weighted by Gasteiger charge is -2.27. The van der Waals surface area contributed by atoms with Crippen molar-refractivity contribution in [3.05, 3.63) is 93.8 Å². The van der Waals surface area contributed by atoms with E-state index in [1.54, 1.807) is 25.1 Å². The van der Waals surface area contributed by atoms with Gasteiger partial charge >= 0.3 is 12.2 Å². The van der Waals surface area contributed by atoms with E-state index < -0.39 is 46.7 Å². The lowest BCUT2D eigenvalue weighted by Crippen LogP contribution is -2.54. The minimum atomic E-state index is -4.77. The van der Waals surface area contributed by atoms with Crippen molar-refractivity contribution in [2.45, 2.75) is 19.7 Å². The maximum atomic E-state index is 13.9. The van der Waals surface area contributed by atoms with Gasteiger partial charge in [-0.05, 0) is 55.0 Å². The molecule has 0 spiro atoms. The van der Waals surface area contributed by atoms with Crippen molar-refractivity contribution in [2.75, 3.05) is 11.5 Å². The number of ether oxygens (including phenoxy) is 2. The largest absolute Gasteiger partial charge is 0.490 e. The van der Waals surface area contributed by atoms with Gasteiger partial charge in [0.2, 0.25) is 0 Å². The number of amides is 4. The Balaban J connectivity index is 1.66. The Kier molecular flexibility index (Phi) is 7.91. The number of rotatable bonds is 7. The minimum Gasteiger partial charge on any atom is -0.490 e. The highest BCUT2D eigenvalue weighted by molar-refractivity contribution is 6.42. The summed E-state index contributed by atoms with van der Waals surface area (Å²) in [7, 11) is 0. The monoisotopic (exact) mass is 562 g/mol. The van der Waals surface area contributed by atoms with Gasteiger partial charge in [0.25, 0.3) is 11.8 Å². The number of alkyl halides is 3. The Labute approximate surface area is 224 Å². The van der Waals surface area contributed by atoms with Crippen molar-refractivity contribution in [1.29, 1.82) is 0 Å². The number of carbonyl (C=O) groups is 3. The summed E-state index contributed by atoms with van der Waals surface area (Å²) >= 11 is 6.01. The fraction of sp³-hybridized carbons (Fsp3) is 0.148. The van der Waals surface area contributed by atoms with Crippen LogP contribution in [-0.2, 0) is 22.4 Å². The second-order valence-electron chi connectivity index (χ2n) is 8.14. The number of nitrogens with one attached hydrogen (secondary N) is 1. The van der Waals surface area contributed by atoms with E-state index in [0.717, 1.165) is 12.1 Å². The van der Waals surface area contributed by atoms with Crippen molar-refractivity contribution < 1.29 is 41.4 Å². The molecular weight excluding hydrogens is 544 g/mol. The molecular formula is C27H19ClF4N2O5. The molecule has 3 aromatic carbocycles. The molecule has 1 aliphatic heterocycles. The van der Waals surface area contributed by atoms with E-state index in [1.165, 1.54) is 24.3 Å². The van der Waals surface area contributed by atoms with Gasteiger partial charge in [-0.25, -0.2) is 14.1 Å². The third kappa shape index (κ3) is 6.04. The second-order valence-corrected chi connectivity index (χ2v) is 8.55. The molecule has 4 rings (SSSR count). The van der Waals surface area contributed by atoms with Crippen LogP contribution < -0.4 is 19.7 Å². The zero-order valence-electron chi connectivity index (χ0n) is 20.1. The zero-order valence-corrected chi connectivity index (χ0v) is 20.9. The van der Waals surface area contributed by atoms with Gasteiger partial charge in [0, 0.05) is 5.56 Å². The Bertz CT molecular complexity index is 1490. The molecule has 0 radical (unpaired) electrons. The number of barbiturate groups is 1. The number of carbonyl (C=O) groups excluding carboxylic acids is 3. The maximum Gasteiger partial charge on any atom is 0.416 e. The van der Waals surface area contributed by atoms with Gasteiger partial charge in [-0.2, -0.15) is 13.2 Å². The summed E-state index contributed by atoms with van der Waals surface area (Å²) in [6.45, 7) is 1.85. The highest BCUT2D eigenvalue weighted by atomic mass is 35.5. The molecule has 1 aliphatic rings. The van der Waals surface area contributed by atoms with Gasteiger partial charge in [-0.1, -0.05) is 35.9 Å². The number of anilines is 1. The Morgan fingerprint density at radius 1 is 0.974 bits per heavy atom. The van der Waals surface area contributed by atoms with E-state index in [2.05, 4.69) is 0 Å². The van der Waals surface area contributed by atoms with E-state index >= 15 is 0 Å². The molecule has 0 bridgehead atoms. The molecule has 0 aromatic heterocycles. The highest BCUT2D eigenvalue weighted by Gasteiger charge is 2.39. The number of hydrogen-bond donors (Lipinski definition) is 1. The molecule has 1 N–H and O–H groups in total. The van der Waals surface area contributed by atoms with Crippen LogP contribution in [0, 0.1) is 5.82 Å². The van der Waals surface area contributed by atoms with Crippen LogP contribution in [0.4, 0.5) is 28.0 Å². The summed E-state index contributed by atoms with van der Waals surface area (Å²) in [5.74, 6) is -2.20. The Hall–Kier alpha value is -4.38. The number of urea groups is 1. The third-order valence-corrected chi connectivity index (χ3v) is 5.86. The summed E-state index contributed by atoms with van der Waals surface area (Å²) in [5, 5.41) is 1.63. The summed E-state index contributed by atoms with van der Waals surface area (Å²) in [6, 6.07) is 11.4. The summed E-state index contributed by atoms with van der Waals surface area (Å²) in [6.07, 6.45) is -3.63. The minimum absolute atomic E-state index is 0.0943. The number of nitrogens with zero attached hydrogens (tertiary/aromatic N) is 1. The van der Waals surface area contributed by atoms with E-state index in [4.69, 9.17) is 21.1 Å². The molecule has 39 heavy (non-hydrogen) atoms. The molecule has 3 aromatic rings. The van der Waals surface area contributed by atoms with Gasteiger partial charge in [-0.3, -0.25) is 14.9 Å². The Morgan fingerprint density at radius 2 is 1.72 bits per heavy atom. The molecule has 0 atom stereocenters. The highest BCUT2D eigenvalue weighted by Crippen LogP contribution is 2.37. The average Bonchev–Trinajstić information content (AvgIpc) is 2.87. The van der Waals surface area contributed by atoms with Crippen molar-refractivity contribution in [3.8, 4) is 11.5 Å². The zero-order chi connectivity index (χ0) is 28.3. The van der Waals surface area contributed by atoms with Crippen molar-refractivity contribution in [2.24, 2.45) is 0 Å². The molecule has 1 fully saturated rings. The number of benzene rings is 3. The molecule has 202 valence electrons. The first-order valence-electron chi connectivity index (χ1n) is 11.4. The van der Waals surface area contributed by atoms with Crippen LogP contribution >= 0.6 is 11.6 Å². The molecule has 7 nitrogen and oxygen atoms in total. The lowest BCUT2D eigenvalue weighted by molar-refractivity contribution is -0.137. The summed E-state index contributed by atoms with van der Waals surface area (Å²) in [4.78, 5) is 38.5. The first kappa shape index (κ1) is 27.6. The van der Waals surface area contributed by atoms with Gasteiger partial charge in [-0.15, -0.1) is 0 Å². The average molecular weight is 563 g/mol. The van der Waals surface area contributed by atoms with Gasteiger partial charge in [0.1, 0.15) is 18.0 Å². The first-order chi connectivity index (χ1) is 18.5. The first-order valence-corrected chi connectivity index (χ1v) is 11.8. The fourth-order valence-electron chi connectivity index (χ4n) is 3.68. The quantitative estimate of drug-likeness (QED) is 0.212. The molecule has 1 saturated heterocycles. The molecule has 0 saturated carbocycles. The Morgan fingerprint density at radius 3 is 2.41 bits per heavy atom. The normalized spacial score (nSPS) is 15.0. The van der Waals surface area contributed by atoms with Crippen LogP contribution in [-0.4, -0.2) is 24.5 Å². The SMILES string of the molecule is CCOc1cc(/C=C2/C(=O)NC(=O)N(c3cc(C(F)(F)F)ccc3Cl)C2=O)ccc1OCc1ccccc1F. The van der Waals surface area contributed by atoms with E-state index in [9.17, 15) is 31.9 Å². The van der Waals surface area contributed by atoms with E-state index in [-0.39, 0.29) is 35.3 Å². The van der Waals surface area contributed by atoms with Gasteiger partial charge in [0.15, 0.2) is 11.5 Å². The van der Waals surface area contributed by atoms with Crippen LogP contribution in [0.5, 0.6) is 11.5 Å². The van der Waals surface area contributed by atoms with Gasteiger partial charge in [0.05, 0.1) is 22.9 Å². The third-order valence-electron chi connectivity index (χ3n) is 5.54. The number of halogens is 5. The molecule has 1 heterocycles.